The summed E-state index contributed by atoms with van der Waals surface area (Å²) in [6.07, 6.45) is 5.52. The van der Waals surface area contributed by atoms with Crippen LogP contribution in [-0.2, 0) is 6.42 Å². The van der Waals surface area contributed by atoms with Crippen molar-refractivity contribution in [3.8, 4) is 0 Å². The summed E-state index contributed by atoms with van der Waals surface area (Å²) >= 11 is 6.26. The molecule has 2 nitrogen and oxygen atoms in total. The molecule has 0 bridgehead atoms. The number of aromatic nitrogens is 1. The molecular formula is C18H23ClN2. The molecular weight excluding hydrogens is 280 g/mol. The highest BCUT2D eigenvalue weighted by atomic mass is 35.5. The first-order valence-corrected chi connectivity index (χ1v) is 7.88. The average Bonchev–Trinajstić information content (AvgIpc) is 2.46. The topological polar surface area (TPSA) is 24.9 Å². The van der Waals surface area contributed by atoms with Crippen LogP contribution >= 0.6 is 11.6 Å². The minimum absolute atomic E-state index is 0.283. The zero-order valence-corrected chi connectivity index (χ0v) is 13.7. The molecule has 0 radical (unpaired) electrons. The lowest BCUT2D eigenvalue weighted by Crippen LogP contribution is -2.25. The van der Waals surface area contributed by atoms with E-state index in [1.165, 1.54) is 16.7 Å². The van der Waals surface area contributed by atoms with Crippen LogP contribution < -0.4 is 5.32 Å². The van der Waals surface area contributed by atoms with E-state index in [0.29, 0.717) is 0 Å². The summed E-state index contributed by atoms with van der Waals surface area (Å²) in [6.45, 7) is 7.49. The summed E-state index contributed by atoms with van der Waals surface area (Å²) in [4.78, 5) is 4.06. The first kappa shape index (κ1) is 16.0. The summed E-state index contributed by atoms with van der Waals surface area (Å²) in [5.41, 5.74) is 5.11. The molecule has 0 amide bonds. The summed E-state index contributed by atoms with van der Waals surface area (Å²) in [6, 6.07) is 8.94. The van der Waals surface area contributed by atoms with Crippen molar-refractivity contribution in [3.05, 3.63) is 63.9 Å². The summed E-state index contributed by atoms with van der Waals surface area (Å²) in [5.74, 6) is 0. The monoisotopic (exact) mass is 302 g/mol. The first-order valence-electron chi connectivity index (χ1n) is 7.50. The number of hydrogen-bond acceptors (Lipinski definition) is 2. The third-order valence-electron chi connectivity index (χ3n) is 3.72. The molecule has 0 aliphatic rings. The molecule has 0 spiro atoms. The summed E-state index contributed by atoms with van der Waals surface area (Å²) in [5, 5.41) is 4.38. The van der Waals surface area contributed by atoms with Gasteiger partial charge in [0.05, 0.1) is 5.02 Å². The number of nitrogens with one attached hydrogen (secondary N) is 1. The predicted molar refractivity (Wildman–Crippen MR) is 89.9 cm³/mol. The average molecular weight is 303 g/mol. The zero-order valence-electron chi connectivity index (χ0n) is 13.0. The van der Waals surface area contributed by atoms with Crippen LogP contribution in [0.1, 0.15) is 41.6 Å². The Bertz CT molecular complexity index is 596. The third-order valence-corrected chi connectivity index (χ3v) is 4.06. The fraction of sp³-hybridized carbons (Fsp3) is 0.389. The number of pyridine rings is 1. The Morgan fingerprint density at radius 1 is 1.24 bits per heavy atom. The predicted octanol–water partition coefficient (Wildman–Crippen LogP) is 4.64. The third kappa shape index (κ3) is 4.29. The van der Waals surface area contributed by atoms with E-state index in [1.807, 2.05) is 6.07 Å². The highest BCUT2D eigenvalue weighted by Gasteiger charge is 2.15. The van der Waals surface area contributed by atoms with Gasteiger partial charge in [-0.1, -0.05) is 42.3 Å². The fourth-order valence-electron chi connectivity index (χ4n) is 2.62. The van der Waals surface area contributed by atoms with Crippen LogP contribution in [0.2, 0.25) is 5.02 Å². The van der Waals surface area contributed by atoms with Crippen molar-refractivity contribution in [1.29, 1.82) is 0 Å². The van der Waals surface area contributed by atoms with E-state index >= 15 is 0 Å². The molecule has 1 N–H and O–H groups in total. The highest BCUT2D eigenvalue weighted by Crippen LogP contribution is 2.25. The van der Waals surface area contributed by atoms with Crippen molar-refractivity contribution in [3.63, 3.8) is 0 Å². The molecule has 1 heterocycles. The molecule has 0 saturated carbocycles. The van der Waals surface area contributed by atoms with Crippen molar-refractivity contribution in [2.75, 3.05) is 6.54 Å². The van der Waals surface area contributed by atoms with Gasteiger partial charge in [0.2, 0.25) is 0 Å². The van der Waals surface area contributed by atoms with E-state index in [-0.39, 0.29) is 6.04 Å². The van der Waals surface area contributed by atoms with E-state index < -0.39 is 0 Å². The molecule has 0 fully saturated rings. The van der Waals surface area contributed by atoms with Crippen molar-refractivity contribution in [2.45, 2.75) is 39.7 Å². The quantitative estimate of drug-likeness (QED) is 0.841. The van der Waals surface area contributed by atoms with E-state index in [4.69, 9.17) is 11.6 Å². The SMILES string of the molecule is CCCNC(Cc1ccncc1Cl)c1ccc(C)cc1C. The maximum absolute atomic E-state index is 6.26. The normalized spacial score (nSPS) is 12.4. The van der Waals surface area contributed by atoms with Gasteiger partial charge in [0.25, 0.3) is 0 Å². The van der Waals surface area contributed by atoms with Crippen LogP contribution in [0.25, 0.3) is 0 Å². The van der Waals surface area contributed by atoms with Crippen molar-refractivity contribution < 1.29 is 0 Å². The summed E-state index contributed by atoms with van der Waals surface area (Å²) < 4.78 is 0. The van der Waals surface area contributed by atoms with Crippen LogP contribution in [0.3, 0.4) is 0 Å². The molecule has 0 saturated heterocycles. The molecule has 1 unspecified atom stereocenters. The van der Waals surface area contributed by atoms with Gasteiger partial charge in [-0.05, 0) is 56.0 Å². The van der Waals surface area contributed by atoms with Crippen molar-refractivity contribution in [1.82, 2.24) is 10.3 Å². The fourth-order valence-corrected chi connectivity index (χ4v) is 2.81. The highest BCUT2D eigenvalue weighted by molar-refractivity contribution is 6.31. The van der Waals surface area contributed by atoms with E-state index in [2.05, 4.69) is 49.3 Å². The second-order valence-electron chi connectivity index (χ2n) is 5.54. The van der Waals surface area contributed by atoms with Gasteiger partial charge < -0.3 is 5.32 Å². The molecule has 112 valence electrons. The van der Waals surface area contributed by atoms with Gasteiger partial charge in [-0.15, -0.1) is 0 Å². The van der Waals surface area contributed by atoms with Crippen LogP contribution in [-0.4, -0.2) is 11.5 Å². The smallest absolute Gasteiger partial charge is 0.0622 e. The maximum Gasteiger partial charge on any atom is 0.0622 e. The van der Waals surface area contributed by atoms with Gasteiger partial charge in [-0.2, -0.15) is 0 Å². The number of aryl methyl sites for hydroxylation is 2. The molecule has 1 aromatic carbocycles. The number of hydrogen-bond donors (Lipinski definition) is 1. The van der Waals surface area contributed by atoms with Crippen molar-refractivity contribution >= 4 is 11.6 Å². The zero-order chi connectivity index (χ0) is 15.2. The van der Waals surface area contributed by atoms with Gasteiger partial charge >= 0.3 is 0 Å². The van der Waals surface area contributed by atoms with Crippen LogP contribution in [0, 0.1) is 13.8 Å². The second-order valence-corrected chi connectivity index (χ2v) is 5.95. The maximum atomic E-state index is 6.26. The molecule has 0 aliphatic heterocycles. The molecule has 2 aromatic rings. The first-order chi connectivity index (χ1) is 10.1. The number of nitrogens with zero attached hydrogens (tertiary/aromatic N) is 1. The molecule has 2 rings (SSSR count). The molecule has 1 atom stereocenters. The molecule has 1 aromatic heterocycles. The van der Waals surface area contributed by atoms with Crippen LogP contribution in [0.4, 0.5) is 0 Å². The second kappa shape index (κ2) is 7.58. The molecule has 0 aliphatic carbocycles. The Balaban J connectivity index is 2.27. The lowest BCUT2D eigenvalue weighted by Gasteiger charge is -2.22. The van der Waals surface area contributed by atoms with Gasteiger partial charge in [0.1, 0.15) is 0 Å². The van der Waals surface area contributed by atoms with E-state index in [9.17, 15) is 0 Å². The standard InChI is InChI=1S/C18H23ClN2/c1-4-8-21-18(11-15-7-9-20-12-17(15)19)16-6-5-13(2)10-14(16)3/h5-7,9-10,12,18,21H,4,8,11H2,1-3H3. The Morgan fingerprint density at radius 2 is 2.05 bits per heavy atom. The summed E-state index contributed by atoms with van der Waals surface area (Å²) in [7, 11) is 0. The van der Waals surface area contributed by atoms with Gasteiger partial charge in [0.15, 0.2) is 0 Å². The Labute approximate surface area is 132 Å². The van der Waals surface area contributed by atoms with Gasteiger partial charge in [-0.25, -0.2) is 0 Å². The van der Waals surface area contributed by atoms with Crippen LogP contribution in [0.5, 0.6) is 0 Å². The lowest BCUT2D eigenvalue weighted by atomic mass is 9.94. The Morgan fingerprint density at radius 3 is 2.71 bits per heavy atom. The van der Waals surface area contributed by atoms with E-state index in [0.717, 1.165) is 30.0 Å². The molecule has 21 heavy (non-hydrogen) atoms. The van der Waals surface area contributed by atoms with Crippen LogP contribution in [0.15, 0.2) is 36.7 Å². The number of benzene rings is 1. The Kier molecular flexibility index (Phi) is 5.77. The van der Waals surface area contributed by atoms with E-state index in [1.54, 1.807) is 12.4 Å². The minimum Gasteiger partial charge on any atom is -0.310 e. The number of halogens is 1. The molecule has 3 heteroatoms. The number of rotatable bonds is 6. The minimum atomic E-state index is 0.283. The lowest BCUT2D eigenvalue weighted by molar-refractivity contribution is 0.527. The van der Waals surface area contributed by atoms with Crippen molar-refractivity contribution in [2.24, 2.45) is 0 Å². The van der Waals surface area contributed by atoms with Gasteiger partial charge in [-0.3, -0.25) is 4.98 Å². The Hall–Kier alpha value is -1.38. The van der Waals surface area contributed by atoms with Gasteiger partial charge in [0, 0.05) is 18.4 Å². The largest absolute Gasteiger partial charge is 0.310 e.